The first-order valence-corrected chi connectivity index (χ1v) is 8.71. The van der Waals surface area contributed by atoms with E-state index in [0.717, 1.165) is 24.0 Å². The summed E-state index contributed by atoms with van der Waals surface area (Å²) in [6.07, 6.45) is 2.29. The first-order chi connectivity index (χ1) is 9.42. The smallest absolute Gasteiger partial charge is 0.218 e. The molecule has 1 aliphatic carbocycles. The van der Waals surface area contributed by atoms with E-state index in [-0.39, 0.29) is 18.4 Å². The van der Waals surface area contributed by atoms with Gasteiger partial charge in [0.2, 0.25) is 10.0 Å². The molecule has 1 fully saturated rings. The second kappa shape index (κ2) is 6.24. The molecule has 1 saturated carbocycles. The number of benzene rings is 1. The van der Waals surface area contributed by atoms with Gasteiger partial charge in [-0.1, -0.05) is 24.3 Å². The van der Waals surface area contributed by atoms with Crippen LogP contribution in [-0.2, 0) is 22.4 Å². The van der Waals surface area contributed by atoms with Crippen molar-refractivity contribution in [3.05, 3.63) is 35.4 Å². The van der Waals surface area contributed by atoms with Crippen LogP contribution in [0, 0.1) is 5.92 Å². The van der Waals surface area contributed by atoms with Crippen molar-refractivity contribution in [2.45, 2.75) is 45.1 Å². The van der Waals surface area contributed by atoms with Gasteiger partial charge in [0.25, 0.3) is 0 Å². The third kappa shape index (κ3) is 4.04. The number of sulfonamides is 1. The van der Waals surface area contributed by atoms with Gasteiger partial charge in [-0.3, -0.25) is 0 Å². The first kappa shape index (κ1) is 15.5. The average Bonchev–Trinajstić information content (AvgIpc) is 3.20. The summed E-state index contributed by atoms with van der Waals surface area (Å²) in [5.74, 6) is 0.577. The normalized spacial score (nSPS) is 16.1. The van der Waals surface area contributed by atoms with Gasteiger partial charge in [0, 0.05) is 12.6 Å². The van der Waals surface area contributed by atoms with E-state index in [9.17, 15) is 8.42 Å². The summed E-state index contributed by atoms with van der Waals surface area (Å²) in [5.41, 5.74) is 1.56. The minimum atomic E-state index is -3.28. The van der Waals surface area contributed by atoms with Crippen molar-refractivity contribution in [3.8, 4) is 0 Å². The molecule has 112 valence electrons. The fraction of sp³-hybridized carbons (Fsp3) is 0.600. The van der Waals surface area contributed by atoms with Crippen molar-refractivity contribution in [2.24, 2.45) is 5.92 Å². The molecule has 2 rings (SSSR count). The van der Waals surface area contributed by atoms with Crippen molar-refractivity contribution in [1.82, 2.24) is 4.31 Å². The molecule has 0 aliphatic heterocycles. The topological polar surface area (TPSA) is 57.6 Å². The van der Waals surface area contributed by atoms with Crippen molar-refractivity contribution in [3.63, 3.8) is 0 Å². The summed E-state index contributed by atoms with van der Waals surface area (Å²) in [6, 6.07) is 7.09. The van der Waals surface area contributed by atoms with Gasteiger partial charge in [0.15, 0.2) is 0 Å². The van der Waals surface area contributed by atoms with E-state index >= 15 is 0 Å². The van der Waals surface area contributed by atoms with Crippen LogP contribution in [0.2, 0.25) is 0 Å². The predicted molar refractivity (Wildman–Crippen MR) is 79.6 cm³/mol. The van der Waals surface area contributed by atoms with Gasteiger partial charge in [-0.15, -0.1) is 0 Å². The Morgan fingerprint density at radius 2 is 1.75 bits per heavy atom. The molecule has 0 unspecified atom stereocenters. The van der Waals surface area contributed by atoms with Crippen LogP contribution in [0.15, 0.2) is 24.3 Å². The molecule has 1 N–H and O–H groups in total. The molecule has 5 heteroatoms. The standard InChI is InChI=1S/C15H23NO3S/c1-12(2)16(9-13-3-4-13)20(18,19)11-15-7-5-14(10-17)6-8-15/h5-8,12-13,17H,3-4,9-11H2,1-2H3. The Morgan fingerprint density at radius 1 is 1.20 bits per heavy atom. The largest absolute Gasteiger partial charge is 0.392 e. The van der Waals surface area contributed by atoms with Crippen LogP contribution in [0.3, 0.4) is 0 Å². The van der Waals surface area contributed by atoms with Crippen LogP contribution < -0.4 is 0 Å². The highest BCUT2D eigenvalue weighted by atomic mass is 32.2. The molecule has 1 aromatic carbocycles. The van der Waals surface area contributed by atoms with Crippen LogP contribution in [-0.4, -0.2) is 30.4 Å². The highest BCUT2D eigenvalue weighted by Crippen LogP contribution is 2.31. The van der Waals surface area contributed by atoms with Crippen molar-refractivity contribution in [1.29, 1.82) is 0 Å². The number of hydrogen-bond donors (Lipinski definition) is 1. The number of aliphatic hydroxyl groups is 1. The molecule has 0 amide bonds. The Balaban J connectivity index is 2.10. The highest BCUT2D eigenvalue weighted by molar-refractivity contribution is 7.88. The zero-order valence-corrected chi connectivity index (χ0v) is 12.9. The zero-order chi connectivity index (χ0) is 14.8. The van der Waals surface area contributed by atoms with E-state index in [2.05, 4.69) is 0 Å². The van der Waals surface area contributed by atoms with E-state index in [4.69, 9.17) is 5.11 Å². The van der Waals surface area contributed by atoms with Gasteiger partial charge in [-0.25, -0.2) is 8.42 Å². The number of aliphatic hydroxyl groups excluding tert-OH is 1. The second-order valence-electron chi connectivity index (χ2n) is 5.84. The summed E-state index contributed by atoms with van der Waals surface area (Å²) >= 11 is 0. The molecule has 1 aliphatic rings. The summed E-state index contributed by atoms with van der Waals surface area (Å²) in [4.78, 5) is 0. The maximum absolute atomic E-state index is 12.5. The lowest BCUT2D eigenvalue weighted by Gasteiger charge is -2.26. The van der Waals surface area contributed by atoms with Crippen molar-refractivity contribution < 1.29 is 13.5 Å². The molecule has 0 saturated heterocycles. The SMILES string of the molecule is CC(C)N(CC1CC1)S(=O)(=O)Cc1ccc(CO)cc1. The van der Waals surface area contributed by atoms with Crippen LogP contribution >= 0.6 is 0 Å². The fourth-order valence-corrected chi connectivity index (χ4v) is 4.09. The van der Waals surface area contributed by atoms with Gasteiger partial charge < -0.3 is 5.11 Å². The molecule has 4 nitrogen and oxygen atoms in total. The van der Waals surface area contributed by atoms with E-state index in [1.54, 1.807) is 28.6 Å². The first-order valence-electron chi connectivity index (χ1n) is 7.10. The Labute approximate surface area is 121 Å². The summed E-state index contributed by atoms with van der Waals surface area (Å²) < 4.78 is 26.7. The molecule has 1 aromatic rings. The monoisotopic (exact) mass is 297 g/mol. The van der Waals surface area contributed by atoms with Crippen molar-refractivity contribution in [2.75, 3.05) is 6.54 Å². The van der Waals surface area contributed by atoms with Crippen LogP contribution in [0.1, 0.15) is 37.8 Å². The van der Waals surface area contributed by atoms with Gasteiger partial charge in [-0.05, 0) is 43.7 Å². The molecule has 0 heterocycles. The summed E-state index contributed by atoms with van der Waals surface area (Å²) in [5, 5.41) is 9.00. The van der Waals surface area contributed by atoms with Crippen LogP contribution in [0.25, 0.3) is 0 Å². The fourth-order valence-electron chi connectivity index (χ4n) is 2.23. The summed E-state index contributed by atoms with van der Waals surface area (Å²) in [6.45, 7) is 4.48. The molecule has 20 heavy (non-hydrogen) atoms. The van der Waals surface area contributed by atoms with E-state index < -0.39 is 10.0 Å². The third-order valence-electron chi connectivity index (χ3n) is 3.62. The van der Waals surface area contributed by atoms with E-state index in [0.29, 0.717) is 12.5 Å². The molecule has 0 aromatic heterocycles. The number of nitrogens with zero attached hydrogens (tertiary/aromatic N) is 1. The molecular formula is C15H23NO3S. The molecule has 0 spiro atoms. The zero-order valence-electron chi connectivity index (χ0n) is 12.1. The minimum absolute atomic E-state index is 0.00249. The lowest BCUT2D eigenvalue weighted by atomic mass is 10.2. The van der Waals surface area contributed by atoms with Gasteiger partial charge in [0.05, 0.1) is 12.4 Å². The number of hydrogen-bond acceptors (Lipinski definition) is 3. The van der Waals surface area contributed by atoms with Gasteiger partial charge >= 0.3 is 0 Å². The quantitative estimate of drug-likeness (QED) is 0.839. The van der Waals surface area contributed by atoms with Crippen molar-refractivity contribution >= 4 is 10.0 Å². The maximum atomic E-state index is 12.5. The number of rotatable bonds is 7. The van der Waals surface area contributed by atoms with E-state index in [1.807, 2.05) is 13.8 Å². The van der Waals surface area contributed by atoms with Crippen LogP contribution in [0.5, 0.6) is 0 Å². The lowest BCUT2D eigenvalue weighted by molar-refractivity contribution is 0.282. The predicted octanol–water partition coefficient (Wildman–Crippen LogP) is 2.13. The molecular weight excluding hydrogens is 274 g/mol. The van der Waals surface area contributed by atoms with Gasteiger partial charge in [0.1, 0.15) is 0 Å². The Kier molecular flexibility index (Phi) is 4.83. The lowest BCUT2D eigenvalue weighted by Crippen LogP contribution is -2.39. The second-order valence-corrected chi connectivity index (χ2v) is 7.76. The maximum Gasteiger partial charge on any atom is 0.218 e. The van der Waals surface area contributed by atoms with E-state index in [1.165, 1.54) is 0 Å². The molecule has 0 atom stereocenters. The van der Waals surface area contributed by atoms with Gasteiger partial charge in [-0.2, -0.15) is 4.31 Å². The molecule has 0 radical (unpaired) electrons. The summed E-state index contributed by atoms with van der Waals surface area (Å²) in [7, 11) is -3.28. The molecule has 0 bridgehead atoms. The minimum Gasteiger partial charge on any atom is -0.392 e. The Bertz CT molecular complexity index is 533. The van der Waals surface area contributed by atoms with Crippen LogP contribution in [0.4, 0.5) is 0 Å². The highest BCUT2D eigenvalue weighted by Gasteiger charge is 2.32. The third-order valence-corrected chi connectivity index (χ3v) is 5.61. The average molecular weight is 297 g/mol. The Hall–Kier alpha value is -0.910. The Morgan fingerprint density at radius 3 is 2.20 bits per heavy atom.